The number of carboxylic acids is 1. The summed E-state index contributed by atoms with van der Waals surface area (Å²) in [6.07, 6.45) is 3.96. The van der Waals surface area contributed by atoms with E-state index < -0.39 is 206 Å². The molecule has 0 saturated carbocycles. The highest BCUT2D eigenvalue weighted by atomic mass is 16.4. The number of carbonyl (C=O) groups excluding carboxylic acids is 15. The molecule has 626 valence electrons. The Labute approximate surface area is 640 Å². The van der Waals surface area contributed by atoms with E-state index in [0.29, 0.717) is 70.9 Å². The fourth-order valence-corrected chi connectivity index (χ4v) is 10.3. The molecule has 0 fully saturated rings. The summed E-state index contributed by atoms with van der Waals surface area (Å²) >= 11 is 0. The van der Waals surface area contributed by atoms with Gasteiger partial charge in [0.05, 0.1) is 32.2 Å². The van der Waals surface area contributed by atoms with E-state index >= 15 is 0 Å². The molecular weight excluding hydrogens is 1440 g/mol. The molecule has 0 rings (SSSR count). The lowest BCUT2D eigenvalue weighted by Gasteiger charge is -2.28. The number of carbonyl (C=O) groups is 16. The predicted molar refractivity (Wildman–Crippen MR) is 406 cm³/mol. The third-order valence-electron chi connectivity index (χ3n) is 16.6. The Morgan fingerprint density at radius 3 is 0.991 bits per heavy atom. The molecule has 37 N–H and O–H groups in total. The fraction of sp³-hybridized carbons (Fsp3) is 0.727. The maximum Gasteiger partial charge on any atom is 0.326 e. The standard InChI is InChI=1S/C66H125N27O17/c1-37(2)53(63(108)91-45(23-16-32-79-66(76)77)60(105)84-38(3)54(99)89-44(20-8-13-29-70)59(104)85-39(4)55(100)92-47(64(109)110)21-9-14-30-71)93-62(107)43(19-7-12-28-69)88-50(96)34-80-49(95)33-82-58(103)46(24-25-48(73)94)90-61(106)42(18-6-11-27-68)87-52(98)36-83-57(102)41(22-15-31-78-65(74)75)86-51(97)35-81-56(101)40(72)17-5-10-26-67/h37-47,53H,5-36,67-72H2,1-4H3,(H2,73,94)(H,80,95)(H,81,101)(H,82,103)(H,83,102)(H,84,105)(H,85,104)(H,86,97)(H,87,98)(H,88,96)(H,89,99)(H,90,106)(H,91,108)(H,92,100)(H,93,107)(H,109,110)(H4,74,75,78)(H4,76,77,79)/t38-,39-,40-,41-,42-,43-,44-,45-,46-,47-,53-/m0/s1. The van der Waals surface area contributed by atoms with Gasteiger partial charge >= 0.3 is 5.97 Å². The van der Waals surface area contributed by atoms with Crippen LogP contribution in [0.15, 0.2) is 9.98 Å². The number of aliphatic carboxylic acids is 1. The van der Waals surface area contributed by atoms with Crippen LogP contribution >= 0.6 is 0 Å². The van der Waals surface area contributed by atoms with Gasteiger partial charge in [0, 0.05) is 19.5 Å². The van der Waals surface area contributed by atoms with Crippen LogP contribution in [0.25, 0.3) is 0 Å². The lowest BCUT2D eigenvalue weighted by atomic mass is 10.0. The number of amides is 15. The van der Waals surface area contributed by atoms with Gasteiger partial charge in [-0.25, -0.2) is 4.79 Å². The number of hydrogen-bond acceptors (Lipinski definition) is 24. The fourth-order valence-electron chi connectivity index (χ4n) is 10.3. The summed E-state index contributed by atoms with van der Waals surface area (Å²) in [5.41, 5.74) is 61.3. The molecule has 0 heterocycles. The van der Waals surface area contributed by atoms with Crippen molar-refractivity contribution in [2.75, 3.05) is 72.0 Å². The Hall–Kier alpha value is -10.2. The first kappa shape index (κ1) is 99.8. The Morgan fingerprint density at radius 1 is 0.309 bits per heavy atom. The molecule has 0 saturated heterocycles. The van der Waals surface area contributed by atoms with Crippen molar-refractivity contribution >= 4 is 106 Å². The van der Waals surface area contributed by atoms with Crippen LogP contribution in [0, 0.1) is 5.92 Å². The Kier molecular flexibility index (Phi) is 52.5. The van der Waals surface area contributed by atoms with Gasteiger partial charge in [0.15, 0.2) is 11.9 Å². The van der Waals surface area contributed by atoms with Crippen molar-refractivity contribution in [1.82, 2.24) is 74.4 Å². The number of aliphatic imine (C=N–C) groups is 2. The number of guanidine groups is 2. The van der Waals surface area contributed by atoms with Crippen molar-refractivity contribution in [1.29, 1.82) is 0 Å². The molecule has 0 aliphatic rings. The lowest BCUT2D eigenvalue weighted by Crippen LogP contribution is -2.60. The molecule has 0 spiro atoms. The SMILES string of the molecule is CC(C)[C@H](NC(=O)[C@H](CCCCN)NC(=O)CNC(=O)CNC(=O)[C@H](CCC(N)=O)NC(=O)[C@H](CCCCN)NC(=O)CNC(=O)[C@H](CCCN=C(N)N)NC(=O)CNC(=O)[C@@H](N)CCCCN)C(=O)N[C@@H](CCCN=C(N)N)C(=O)N[C@@H](C)C(=O)N[C@@H](CCCCN)C(=O)N[C@@H](C)C(=O)N[C@@H](CCCCN)C(=O)O. The highest BCUT2D eigenvalue weighted by molar-refractivity contribution is 5.99. The summed E-state index contributed by atoms with van der Waals surface area (Å²) in [4.78, 5) is 221. The summed E-state index contributed by atoms with van der Waals surface area (Å²) in [7, 11) is 0. The zero-order valence-corrected chi connectivity index (χ0v) is 63.8. The van der Waals surface area contributed by atoms with Gasteiger partial charge in [-0.2, -0.15) is 0 Å². The average molecular weight is 1570 g/mol. The molecule has 11 atom stereocenters. The van der Waals surface area contributed by atoms with E-state index in [4.69, 9.17) is 63.1 Å². The van der Waals surface area contributed by atoms with Crippen LogP contribution in [0.1, 0.15) is 163 Å². The number of primary amides is 1. The Bertz CT molecular complexity index is 3010. The van der Waals surface area contributed by atoms with E-state index in [2.05, 4.69) is 84.4 Å². The second kappa shape index (κ2) is 57.9. The summed E-state index contributed by atoms with van der Waals surface area (Å²) in [5.74, 6) is -15.3. The van der Waals surface area contributed by atoms with Gasteiger partial charge in [0.2, 0.25) is 88.6 Å². The molecule has 44 heteroatoms. The first-order chi connectivity index (χ1) is 52.0. The number of rotatable bonds is 61. The van der Waals surface area contributed by atoms with Crippen molar-refractivity contribution in [3.05, 3.63) is 0 Å². The van der Waals surface area contributed by atoms with Crippen molar-refractivity contribution in [3.63, 3.8) is 0 Å². The molecular formula is C66H125N27O17. The zero-order valence-electron chi connectivity index (χ0n) is 63.8. The molecule has 0 aromatic heterocycles. The monoisotopic (exact) mass is 1570 g/mol. The third kappa shape index (κ3) is 45.6. The summed E-state index contributed by atoms with van der Waals surface area (Å²) < 4.78 is 0. The molecule has 0 aromatic rings. The van der Waals surface area contributed by atoms with Crippen LogP contribution in [-0.2, 0) is 76.7 Å². The van der Waals surface area contributed by atoms with Crippen molar-refractivity contribution < 1.29 is 81.8 Å². The van der Waals surface area contributed by atoms with Gasteiger partial charge in [0.1, 0.15) is 60.4 Å². The molecule has 0 unspecified atom stereocenters. The highest BCUT2D eigenvalue weighted by Crippen LogP contribution is 2.12. The third-order valence-corrected chi connectivity index (χ3v) is 16.6. The average Bonchev–Trinajstić information content (AvgIpc) is 0.917. The number of unbranched alkanes of at least 4 members (excludes halogenated alkanes) is 5. The number of hydrogen-bond donors (Lipinski definition) is 26. The van der Waals surface area contributed by atoms with E-state index in [1.54, 1.807) is 13.8 Å². The first-order valence-electron chi connectivity index (χ1n) is 37.0. The van der Waals surface area contributed by atoms with Gasteiger partial charge in [-0.05, 0) is 174 Å². The molecule has 15 amide bonds. The van der Waals surface area contributed by atoms with Crippen LogP contribution in [0.5, 0.6) is 0 Å². The van der Waals surface area contributed by atoms with E-state index in [0.717, 1.165) is 0 Å². The quantitative estimate of drug-likeness (QED) is 0.0153. The van der Waals surface area contributed by atoms with Crippen molar-refractivity contribution in [3.8, 4) is 0 Å². The van der Waals surface area contributed by atoms with Crippen LogP contribution in [0.3, 0.4) is 0 Å². The van der Waals surface area contributed by atoms with Gasteiger partial charge in [-0.1, -0.05) is 20.3 Å². The van der Waals surface area contributed by atoms with E-state index in [1.807, 2.05) is 0 Å². The Morgan fingerprint density at radius 2 is 0.609 bits per heavy atom. The number of carboxylic acid groups (broad SMARTS) is 1. The minimum absolute atomic E-state index is 0.00195. The van der Waals surface area contributed by atoms with Crippen molar-refractivity contribution in [2.24, 2.45) is 79.0 Å². The predicted octanol–water partition coefficient (Wildman–Crippen LogP) is -10.6. The normalized spacial score (nSPS) is 13.9. The maximum absolute atomic E-state index is 14.2. The topological polar surface area (TPSA) is 773 Å². The number of nitrogens with zero attached hydrogens (tertiary/aromatic N) is 2. The zero-order chi connectivity index (χ0) is 83.3. The molecule has 110 heavy (non-hydrogen) atoms. The van der Waals surface area contributed by atoms with Gasteiger partial charge in [0.25, 0.3) is 0 Å². The van der Waals surface area contributed by atoms with Crippen LogP contribution in [0.4, 0.5) is 0 Å². The van der Waals surface area contributed by atoms with E-state index in [-0.39, 0.29) is 109 Å². The summed E-state index contributed by atoms with van der Waals surface area (Å²) in [6.45, 7) is 4.38. The smallest absolute Gasteiger partial charge is 0.326 e. The molecule has 44 nitrogen and oxygen atoms in total. The minimum atomic E-state index is -1.55. The van der Waals surface area contributed by atoms with E-state index in [9.17, 15) is 81.8 Å². The largest absolute Gasteiger partial charge is 0.480 e. The first-order valence-corrected chi connectivity index (χ1v) is 37.0. The van der Waals surface area contributed by atoms with Crippen molar-refractivity contribution in [2.45, 2.75) is 229 Å². The molecule has 0 aliphatic heterocycles. The molecule has 0 aliphatic carbocycles. The number of nitrogens with one attached hydrogen (secondary N) is 14. The molecule has 0 radical (unpaired) electrons. The van der Waals surface area contributed by atoms with Crippen LogP contribution < -0.4 is 138 Å². The highest BCUT2D eigenvalue weighted by Gasteiger charge is 2.35. The summed E-state index contributed by atoms with van der Waals surface area (Å²) in [5, 5.41) is 44.2. The van der Waals surface area contributed by atoms with Crippen LogP contribution in [0.2, 0.25) is 0 Å². The molecule has 0 bridgehead atoms. The van der Waals surface area contributed by atoms with Gasteiger partial charge < -0.3 is 143 Å². The minimum Gasteiger partial charge on any atom is -0.480 e. The molecule has 0 aromatic carbocycles. The lowest BCUT2D eigenvalue weighted by molar-refractivity contribution is -0.142. The van der Waals surface area contributed by atoms with Gasteiger partial charge in [-0.3, -0.25) is 81.9 Å². The van der Waals surface area contributed by atoms with Crippen LogP contribution in [-0.4, -0.2) is 250 Å². The maximum atomic E-state index is 14.2. The summed E-state index contributed by atoms with van der Waals surface area (Å²) in [6, 6.07) is -14.4. The second-order valence-electron chi connectivity index (χ2n) is 26.5. The Balaban J connectivity index is 6.33. The van der Waals surface area contributed by atoms with E-state index in [1.165, 1.54) is 13.8 Å². The van der Waals surface area contributed by atoms with Gasteiger partial charge in [-0.15, -0.1) is 0 Å². The number of nitrogens with two attached hydrogens (primary N) is 11. The second-order valence-corrected chi connectivity index (χ2v) is 26.5.